The zero-order valence-electron chi connectivity index (χ0n) is 25.8. The molecule has 0 spiro atoms. The predicted molar refractivity (Wildman–Crippen MR) is 171 cm³/mol. The highest BCUT2D eigenvalue weighted by Crippen LogP contribution is 2.23. The predicted octanol–water partition coefficient (Wildman–Crippen LogP) is 5.57. The number of sulfonamides is 1. The van der Waals surface area contributed by atoms with Crippen LogP contribution in [0, 0.1) is 26.7 Å². The third kappa shape index (κ3) is 9.44. The van der Waals surface area contributed by atoms with Gasteiger partial charge in [0.25, 0.3) is 0 Å². The highest BCUT2D eigenvalue weighted by Gasteiger charge is 2.31. The minimum atomic E-state index is -3.56. The fourth-order valence-corrected chi connectivity index (χ4v) is 5.79. The van der Waals surface area contributed by atoms with Crippen molar-refractivity contribution in [1.29, 1.82) is 0 Å². The Morgan fingerprint density at radius 3 is 2.14 bits per heavy atom. The summed E-state index contributed by atoms with van der Waals surface area (Å²) in [5.74, 6) is -0.117. The molecule has 0 fully saturated rings. The molecule has 0 saturated carbocycles. The number of aryl methyl sites for hydroxylation is 3. The summed E-state index contributed by atoms with van der Waals surface area (Å²) in [4.78, 5) is 29.3. The number of carbonyl (C=O) groups is 2. The monoisotopic (exact) mass is 591 g/mol. The van der Waals surface area contributed by atoms with Crippen molar-refractivity contribution in [2.24, 2.45) is 5.92 Å². The first-order chi connectivity index (χ1) is 19.9. The van der Waals surface area contributed by atoms with E-state index >= 15 is 0 Å². The second-order valence-electron chi connectivity index (χ2n) is 11.5. The van der Waals surface area contributed by atoms with E-state index in [1.807, 2.05) is 101 Å². The average Bonchev–Trinajstić information content (AvgIpc) is 2.94. The number of nitrogens with zero attached hydrogens (tertiary/aromatic N) is 2. The van der Waals surface area contributed by atoms with Crippen LogP contribution >= 0.6 is 0 Å². The molecule has 42 heavy (non-hydrogen) atoms. The number of anilines is 1. The van der Waals surface area contributed by atoms with Crippen LogP contribution in [0.2, 0.25) is 0 Å². The lowest BCUT2D eigenvalue weighted by Gasteiger charge is -2.32. The van der Waals surface area contributed by atoms with Crippen LogP contribution in [0.5, 0.6) is 0 Å². The zero-order valence-corrected chi connectivity index (χ0v) is 26.6. The molecule has 0 aliphatic carbocycles. The smallest absolute Gasteiger partial charge is 0.243 e. The van der Waals surface area contributed by atoms with Gasteiger partial charge in [0.15, 0.2) is 0 Å². The van der Waals surface area contributed by atoms with Crippen LogP contribution < -0.4 is 9.62 Å². The fraction of sp³-hybridized carbons (Fsp3) is 0.412. The molecule has 3 rings (SSSR count). The van der Waals surface area contributed by atoms with Crippen molar-refractivity contribution in [2.75, 3.05) is 23.7 Å². The van der Waals surface area contributed by atoms with E-state index in [9.17, 15) is 18.0 Å². The maximum absolute atomic E-state index is 14.0. The molecule has 0 unspecified atom stereocenters. The average molecular weight is 592 g/mol. The van der Waals surface area contributed by atoms with Gasteiger partial charge in [-0.15, -0.1) is 0 Å². The molecule has 0 bridgehead atoms. The summed E-state index contributed by atoms with van der Waals surface area (Å²) in [5.41, 5.74) is 5.62. The molecule has 0 heterocycles. The summed E-state index contributed by atoms with van der Waals surface area (Å²) >= 11 is 0. The number of carbonyl (C=O) groups excluding carboxylic acids is 2. The van der Waals surface area contributed by atoms with Crippen molar-refractivity contribution in [3.63, 3.8) is 0 Å². The lowest BCUT2D eigenvalue weighted by Crippen LogP contribution is -2.51. The standard InChI is InChI=1S/C34H45N3O4S/c1-25(2)23-35-34(39)32(22-29-14-8-7-9-15-29)36(24-30-16-11-10-13-27(30)4)33(38)17-12-20-37(42(6,40)41)31-19-18-26(3)28(5)21-31/h7-11,13-16,18-19,21,25,32H,12,17,20,22-24H2,1-6H3,(H,35,39)/t32-/m0/s1. The van der Waals surface area contributed by atoms with Gasteiger partial charge in [-0.25, -0.2) is 8.42 Å². The van der Waals surface area contributed by atoms with E-state index in [4.69, 9.17) is 0 Å². The third-order valence-electron chi connectivity index (χ3n) is 7.49. The maximum Gasteiger partial charge on any atom is 0.243 e. The van der Waals surface area contributed by atoms with Crippen LogP contribution in [0.15, 0.2) is 72.8 Å². The van der Waals surface area contributed by atoms with Crippen molar-refractivity contribution in [3.05, 3.63) is 101 Å². The normalized spacial score (nSPS) is 12.2. The molecular weight excluding hydrogens is 546 g/mol. The molecule has 1 atom stereocenters. The Bertz CT molecular complexity index is 1450. The molecule has 0 aromatic heterocycles. The quantitative estimate of drug-likeness (QED) is 0.266. The number of nitrogens with one attached hydrogen (secondary N) is 1. The van der Waals surface area contributed by atoms with Gasteiger partial charge >= 0.3 is 0 Å². The molecule has 1 N–H and O–H groups in total. The van der Waals surface area contributed by atoms with Crippen LogP contribution in [0.4, 0.5) is 5.69 Å². The summed E-state index contributed by atoms with van der Waals surface area (Å²) in [5, 5.41) is 3.04. The number of hydrogen-bond acceptors (Lipinski definition) is 4. The largest absolute Gasteiger partial charge is 0.354 e. The van der Waals surface area contributed by atoms with Crippen LogP contribution in [0.3, 0.4) is 0 Å². The first kappa shape index (κ1) is 32.9. The molecule has 7 nitrogen and oxygen atoms in total. The van der Waals surface area contributed by atoms with Crippen LogP contribution in [-0.4, -0.2) is 50.5 Å². The minimum Gasteiger partial charge on any atom is -0.354 e. The van der Waals surface area contributed by atoms with Gasteiger partial charge in [0, 0.05) is 32.5 Å². The minimum absolute atomic E-state index is 0.103. The van der Waals surface area contributed by atoms with Crippen molar-refractivity contribution >= 4 is 27.5 Å². The fourth-order valence-electron chi connectivity index (χ4n) is 4.83. The molecule has 0 aliphatic heterocycles. The third-order valence-corrected chi connectivity index (χ3v) is 8.68. The van der Waals surface area contributed by atoms with Crippen molar-refractivity contribution in [3.8, 4) is 0 Å². The SMILES string of the molecule is Cc1ccc(N(CCCC(=O)N(Cc2ccccc2C)[C@@H](Cc2ccccc2)C(=O)NCC(C)C)S(C)(=O)=O)cc1C. The molecule has 3 aromatic rings. The van der Waals surface area contributed by atoms with Crippen molar-refractivity contribution < 1.29 is 18.0 Å². The topological polar surface area (TPSA) is 86.8 Å². The van der Waals surface area contributed by atoms with Crippen LogP contribution in [0.25, 0.3) is 0 Å². The van der Waals surface area contributed by atoms with E-state index in [2.05, 4.69) is 5.32 Å². The Morgan fingerprint density at radius 1 is 0.857 bits per heavy atom. The van der Waals surface area contributed by atoms with Gasteiger partial charge in [-0.3, -0.25) is 13.9 Å². The number of rotatable bonds is 14. The Morgan fingerprint density at radius 2 is 1.52 bits per heavy atom. The van der Waals surface area contributed by atoms with E-state index in [1.165, 1.54) is 10.6 Å². The van der Waals surface area contributed by atoms with Crippen LogP contribution in [-0.2, 0) is 32.6 Å². The van der Waals surface area contributed by atoms with Gasteiger partial charge in [0.05, 0.1) is 11.9 Å². The Kier molecular flexibility index (Phi) is 11.7. The summed E-state index contributed by atoms with van der Waals surface area (Å²) in [6, 6.07) is 22.4. The molecular formula is C34H45N3O4S. The number of amides is 2. The summed E-state index contributed by atoms with van der Waals surface area (Å²) in [6.45, 7) is 10.9. The van der Waals surface area contributed by atoms with Gasteiger partial charge in [0.2, 0.25) is 21.8 Å². The van der Waals surface area contributed by atoms with Crippen molar-refractivity contribution in [1.82, 2.24) is 10.2 Å². The Hall–Kier alpha value is -3.65. The van der Waals surface area contributed by atoms with Gasteiger partial charge in [0.1, 0.15) is 6.04 Å². The highest BCUT2D eigenvalue weighted by atomic mass is 32.2. The molecule has 8 heteroatoms. The zero-order chi connectivity index (χ0) is 30.9. The molecule has 2 amide bonds. The Balaban J connectivity index is 1.89. The lowest BCUT2D eigenvalue weighted by atomic mass is 10.0. The van der Waals surface area contributed by atoms with Gasteiger partial charge in [-0.2, -0.15) is 0 Å². The lowest BCUT2D eigenvalue weighted by molar-refractivity contribution is -0.141. The highest BCUT2D eigenvalue weighted by molar-refractivity contribution is 7.92. The summed E-state index contributed by atoms with van der Waals surface area (Å²) in [7, 11) is -3.56. The summed E-state index contributed by atoms with van der Waals surface area (Å²) in [6.07, 6.45) is 1.98. The first-order valence-corrected chi connectivity index (χ1v) is 16.4. The molecule has 0 aliphatic rings. The van der Waals surface area contributed by atoms with E-state index < -0.39 is 16.1 Å². The van der Waals surface area contributed by atoms with Gasteiger partial charge in [-0.05, 0) is 73.1 Å². The maximum atomic E-state index is 14.0. The second-order valence-corrected chi connectivity index (χ2v) is 13.4. The second kappa shape index (κ2) is 15.0. The van der Waals surface area contributed by atoms with Crippen molar-refractivity contribution in [2.45, 2.75) is 66.5 Å². The van der Waals surface area contributed by atoms with Crippen LogP contribution in [0.1, 0.15) is 54.5 Å². The van der Waals surface area contributed by atoms with E-state index in [0.29, 0.717) is 25.1 Å². The molecule has 0 radical (unpaired) electrons. The van der Waals surface area contributed by atoms with E-state index in [0.717, 1.165) is 27.8 Å². The number of hydrogen-bond donors (Lipinski definition) is 1. The van der Waals surface area contributed by atoms with E-state index in [1.54, 1.807) is 11.0 Å². The first-order valence-electron chi connectivity index (χ1n) is 14.6. The van der Waals surface area contributed by atoms with Gasteiger partial charge < -0.3 is 10.2 Å². The Labute approximate surface area is 252 Å². The number of benzene rings is 3. The molecule has 226 valence electrons. The molecule has 0 saturated heterocycles. The van der Waals surface area contributed by atoms with E-state index in [-0.39, 0.29) is 37.2 Å². The van der Waals surface area contributed by atoms with Gasteiger partial charge in [-0.1, -0.05) is 74.5 Å². The molecule has 3 aromatic carbocycles. The summed E-state index contributed by atoms with van der Waals surface area (Å²) < 4.78 is 26.8.